The lowest BCUT2D eigenvalue weighted by atomic mass is 10.1. The van der Waals surface area contributed by atoms with Gasteiger partial charge in [0.2, 0.25) is 0 Å². The minimum absolute atomic E-state index is 0.298. The lowest BCUT2D eigenvalue weighted by molar-refractivity contribution is 0.0697. The molecule has 2 N–H and O–H groups in total. The topological polar surface area (TPSA) is 66.4 Å². The Morgan fingerprint density at radius 1 is 1.19 bits per heavy atom. The second kappa shape index (κ2) is 6.52. The number of anilines is 1. The van der Waals surface area contributed by atoms with Crippen LogP contribution in [-0.4, -0.2) is 17.0 Å². The molecule has 2 aromatic rings. The van der Waals surface area contributed by atoms with E-state index in [2.05, 4.69) is 21.2 Å². The van der Waals surface area contributed by atoms with Crippen molar-refractivity contribution < 1.29 is 19.1 Å². The Labute approximate surface area is 141 Å². The lowest BCUT2D eigenvalue weighted by Crippen LogP contribution is -2.17. The molecule has 108 valence electrons. The summed E-state index contributed by atoms with van der Waals surface area (Å²) >= 11 is 5.22. The monoisotopic (exact) mass is 463 g/mol. The highest BCUT2D eigenvalue weighted by atomic mass is 127. The number of rotatable bonds is 3. The standard InChI is InChI=1S/C14H8BrFINO3/c15-7-4-5-11(17)9(6-7)13(19)18-12-8(14(20)21)2-1-3-10(12)16/h1-6H,(H,18,19)(H,20,21). The van der Waals surface area contributed by atoms with Gasteiger partial charge in [-0.15, -0.1) is 0 Å². The molecule has 0 aliphatic carbocycles. The van der Waals surface area contributed by atoms with Crippen LogP contribution in [0.1, 0.15) is 20.7 Å². The fourth-order valence-corrected chi connectivity index (χ4v) is 2.62. The van der Waals surface area contributed by atoms with Crippen molar-refractivity contribution in [1.29, 1.82) is 0 Å². The SMILES string of the molecule is O=C(Nc1c(F)cccc1C(=O)O)c1cc(Br)ccc1I. The van der Waals surface area contributed by atoms with E-state index in [9.17, 15) is 14.0 Å². The zero-order valence-electron chi connectivity index (χ0n) is 10.4. The molecule has 0 bridgehead atoms. The van der Waals surface area contributed by atoms with Crippen LogP contribution in [0.5, 0.6) is 0 Å². The first-order chi connectivity index (χ1) is 9.90. The van der Waals surface area contributed by atoms with Gasteiger partial charge in [-0.1, -0.05) is 22.0 Å². The van der Waals surface area contributed by atoms with E-state index in [0.29, 0.717) is 13.6 Å². The van der Waals surface area contributed by atoms with Gasteiger partial charge in [-0.25, -0.2) is 9.18 Å². The summed E-state index contributed by atoms with van der Waals surface area (Å²) in [5, 5.41) is 11.4. The summed E-state index contributed by atoms with van der Waals surface area (Å²) in [7, 11) is 0. The highest BCUT2D eigenvalue weighted by Crippen LogP contribution is 2.23. The van der Waals surface area contributed by atoms with E-state index in [0.717, 1.165) is 6.07 Å². The van der Waals surface area contributed by atoms with Crippen LogP contribution in [0.3, 0.4) is 0 Å². The van der Waals surface area contributed by atoms with Gasteiger partial charge in [0.1, 0.15) is 5.82 Å². The summed E-state index contributed by atoms with van der Waals surface area (Å²) in [5.74, 6) is -2.68. The Kier molecular flexibility index (Phi) is 4.94. The minimum Gasteiger partial charge on any atom is -0.478 e. The molecular formula is C14H8BrFINO3. The van der Waals surface area contributed by atoms with Gasteiger partial charge >= 0.3 is 5.97 Å². The quantitative estimate of drug-likeness (QED) is 0.672. The zero-order chi connectivity index (χ0) is 15.6. The van der Waals surface area contributed by atoms with E-state index in [1.165, 1.54) is 12.1 Å². The van der Waals surface area contributed by atoms with Crippen molar-refractivity contribution in [2.75, 3.05) is 5.32 Å². The number of carboxylic acid groups (broad SMARTS) is 1. The van der Waals surface area contributed by atoms with Crippen molar-refractivity contribution in [3.8, 4) is 0 Å². The number of amides is 1. The molecule has 1 amide bonds. The first-order valence-corrected chi connectivity index (χ1v) is 7.55. The molecule has 7 heteroatoms. The first kappa shape index (κ1) is 15.9. The van der Waals surface area contributed by atoms with Crippen LogP contribution >= 0.6 is 38.5 Å². The summed E-state index contributed by atoms with van der Waals surface area (Å²) in [4.78, 5) is 23.3. The summed E-state index contributed by atoms with van der Waals surface area (Å²) < 4.78 is 15.1. The van der Waals surface area contributed by atoms with Crippen molar-refractivity contribution in [3.63, 3.8) is 0 Å². The predicted molar refractivity (Wildman–Crippen MR) is 88.2 cm³/mol. The Balaban J connectivity index is 2.41. The second-order valence-corrected chi connectivity index (χ2v) is 6.12. The number of hydrogen-bond donors (Lipinski definition) is 2. The van der Waals surface area contributed by atoms with E-state index in [1.54, 1.807) is 18.2 Å². The third-order valence-corrected chi connectivity index (χ3v) is 4.09. The molecule has 0 fully saturated rings. The van der Waals surface area contributed by atoms with Crippen LogP contribution in [0.15, 0.2) is 40.9 Å². The fourth-order valence-electron chi connectivity index (χ4n) is 1.68. The van der Waals surface area contributed by atoms with Crippen molar-refractivity contribution in [2.24, 2.45) is 0 Å². The highest BCUT2D eigenvalue weighted by Gasteiger charge is 2.18. The summed E-state index contributed by atoms with van der Waals surface area (Å²) in [5.41, 5.74) is -0.316. The molecule has 2 rings (SSSR count). The van der Waals surface area contributed by atoms with Crippen LogP contribution in [0.2, 0.25) is 0 Å². The molecule has 0 saturated carbocycles. The Morgan fingerprint density at radius 3 is 2.57 bits per heavy atom. The number of para-hydroxylation sites is 1. The van der Waals surface area contributed by atoms with Gasteiger partial charge < -0.3 is 10.4 Å². The number of nitrogens with one attached hydrogen (secondary N) is 1. The van der Waals surface area contributed by atoms with Gasteiger partial charge in [-0.3, -0.25) is 4.79 Å². The number of carbonyl (C=O) groups is 2. The van der Waals surface area contributed by atoms with Crippen LogP contribution in [0, 0.1) is 9.39 Å². The van der Waals surface area contributed by atoms with E-state index in [4.69, 9.17) is 5.11 Å². The van der Waals surface area contributed by atoms with E-state index in [1.807, 2.05) is 22.6 Å². The molecule has 0 aromatic heterocycles. The fraction of sp³-hybridized carbons (Fsp3) is 0. The first-order valence-electron chi connectivity index (χ1n) is 5.68. The number of carboxylic acids is 1. The number of carbonyl (C=O) groups excluding carboxylic acids is 1. The third-order valence-electron chi connectivity index (χ3n) is 2.66. The van der Waals surface area contributed by atoms with Crippen molar-refractivity contribution >= 4 is 56.1 Å². The maximum Gasteiger partial charge on any atom is 0.337 e. The summed E-state index contributed by atoms with van der Waals surface area (Å²) in [6.45, 7) is 0. The Bertz CT molecular complexity index is 736. The second-order valence-electron chi connectivity index (χ2n) is 4.05. The average molecular weight is 464 g/mol. The van der Waals surface area contributed by atoms with Crippen molar-refractivity contribution in [3.05, 3.63) is 61.4 Å². The molecule has 0 aliphatic rings. The molecule has 0 spiro atoms. The van der Waals surface area contributed by atoms with Crippen LogP contribution in [0.4, 0.5) is 10.1 Å². The average Bonchev–Trinajstić information content (AvgIpc) is 2.43. The molecule has 0 aliphatic heterocycles. The van der Waals surface area contributed by atoms with E-state index in [-0.39, 0.29) is 11.3 Å². The normalized spacial score (nSPS) is 10.2. The van der Waals surface area contributed by atoms with Gasteiger partial charge in [-0.2, -0.15) is 0 Å². The van der Waals surface area contributed by atoms with Gasteiger partial charge in [0.05, 0.1) is 16.8 Å². The molecule has 0 unspecified atom stereocenters. The van der Waals surface area contributed by atoms with Gasteiger partial charge in [0, 0.05) is 8.04 Å². The van der Waals surface area contributed by atoms with Crippen molar-refractivity contribution in [2.45, 2.75) is 0 Å². The highest BCUT2D eigenvalue weighted by molar-refractivity contribution is 14.1. The maximum atomic E-state index is 13.8. The smallest absolute Gasteiger partial charge is 0.337 e. The van der Waals surface area contributed by atoms with Crippen LogP contribution in [0.25, 0.3) is 0 Å². The number of benzene rings is 2. The molecule has 2 aromatic carbocycles. The van der Waals surface area contributed by atoms with E-state index >= 15 is 0 Å². The summed E-state index contributed by atoms with van der Waals surface area (Å²) in [6.07, 6.45) is 0. The minimum atomic E-state index is -1.31. The third kappa shape index (κ3) is 3.59. The van der Waals surface area contributed by atoms with Crippen LogP contribution in [-0.2, 0) is 0 Å². The Morgan fingerprint density at radius 2 is 1.90 bits per heavy atom. The molecular weight excluding hydrogens is 456 g/mol. The van der Waals surface area contributed by atoms with E-state index < -0.39 is 17.7 Å². The lowest BCUT2D eigenvalue weighted by Gasteiger charge is -2.10. The predicted octanol–water partition coefficient (Wildman–Crippen LogP) is 4.14. The molecule has 0 saturated heterocycles. The van der Waals surface area contributed by atoms with Crippen molar-refractivity contribution in [1.82, 2.24) is 0 Å². The Hall–Kier alpha value is -1.48. The number of aromatic carboxylic acids is 1. The van der Waals surface area contributed by atoms with Gasteiger partial charge in [-0.05, 0) is 52.9 Å². The maximum absolute atomic E-state index is 13.8. The number of halogens is 3. The molecule has 0 heterocycles. The molecule has 0 atom stereocenters. The molecule has 4 nitrogen and oxygen atoms in total. The molecule has 0 radical (unpaired) electrons. The zero-order valence-corrected chi connectivity index (χ0v) is 14.1. The van der Waals surface area contributed by atoms with Gasteiger partial charge in [0.15, 0.2) is 0 Å². The summed E-state index contributed by atoms with van der Waals surface area (Å²) in [6, 6.07) is 8.67. The molecule has 21 heavy (non-hydrogen) atoms. The largest absolute Gasteiger partial charge is 0.478 e. The number of hydrogen-bond acceptors (Lipinski definition) is 2. The van der Waals surface area contributed by atoms with Gasteiger partial charge in [0.25, 0.3) is 5.91 Å². The van der Waals surface area contributed by atoms with Crippen LogP contribution < -0.4 is 5.32 Å².